The van der Waals surface area contributed by atoms with Crippen LogP contribution in [0.1, 0.15) is 35.6 Å². The summed E-state index contributed by atoms with van der Waals surface area (Å²) in [6.45, 7) is 0. The molecule has 1 saturated carbocycles. The van der Waals surface area contributed by atoms with Gasteiger partial charge in [-0.15, -0.1) is 0 Å². The fraction of sp³-hybridized carbons (Fsp3) is 0.256. The lowest BCUT2D eigenvalue weighted by molar-refractivity contribution is -0.141. The van der Waals surface area contributed by atoms with Gasteiger partial charge in [0.2, 0.25) is 11.8 Å². The Hall–Kier alpha value is -4.72. The average molecular weight is 840 g/mol. The number of amides is 4. The van der Waals surface area contributed by atoms with Crippen molar-refractivity contribution < 1.29 is 37.5 Å². The largest absolute Gasteiger partial charge is 0.508 e. The molecule has 0 unspecified atom stereocenters. The molecule has 4 aliphatic rings. The van der Waals surface area contributed by atoms with Gasteiger partial charge in [-0.3, -0.25) is 24.2 Å². The first-order valence-corrected chi connectivity index (χ1v) is 18.4. The lowest BCUT2D eigenvalue weighted by atomic mass is 9.49. The maximum Gasteiger partial charge on any atom is 0.433 e. The molecule has 3 fully saturated rings. The zero-order chi connectivity index (χ0) is 38.4. The van der Waals surface area contributed by atoms with Crippen LogP contribution in [0.5, 0.6) is 5.75 Å². The number of imide groups is 2. The quantitative estimate of drug-likeness (QED) is 0.160. The summed E-state index contributed by atoms with van der Waals surface area (Å²) < 4.78 is 41.6. The van der Waals surface area contributed by atoms with E-state index >= 15 is 4.79 Å². The molecule has 1 N–H and O–H groups in total. The van der Waals surface area contributed by atoms with Crippen molar-refractivity contribution in [2.24, 2.45) is 23.7 Å². The van der Waals surface area contributed by atoms with Crippen molar-refractivity contribution >= 4 is 74.3 Å². The summed E-state index contributed by atoms with van der Waals surface area (Å²) in [6, 6.07) is 21.7. The standard InChI is InChI=1S/C39H28BrCl2F3N4O5/c1-47(33-28(42)13-15-30(46-33)39(43,44)45)49-34(51)24-12-11-23-25(31(24)36(49)53)18-27-35(52)48(22-9-5-8-21(41)17-22)37(54)38(27,19-6-3-2-4-7-19)32(23)26-16-20(40)10-14-29(26)50/h2-11,13-17,24-25,27,31-32,50H,12,18H2,1H3/t24-,25+,27-,31-,32+,38+/m0/s1. The highest BCUT2D eigenvalue weighted by Gasteiger charge is 2.70. The van der Waals surface area contributed by atoms with Gasteiger partial charge in [0.05, 0.1) is 33.9 Å². The van der Waals surface area contributed by atoms with Crippen molar-refractivity contribution in [2.45, 2.75) is 30.4 Å². The van der Waals surface area contributed by atoms with Gasteiger partial charge in [0, 0.05) is 28.0 Å². The van der Waals surface area contributed by atoms with Crippen LogP contribution in [0, 0.1) is 23.7 Å². The smallest absolute Gasteiger partial charge is 0.433 e. The Labute approximate surface area is 325 Å². The number of nitrogens with zero attached hydrogens (tertiary/aromatic N) is 4. The Balaban J connectivity index is 1.31. The number of benzene rings is 3. The highest BCUT2D eigenvalue weighted by molar-refractivity contribution is 9.10. The molecule has 8 rings (SSSR count). The molecule has 276 valence electrons. The summed E-state index contributed by atoms with van der Waals surface area (Å²) in [5, 5.41) is 13.3. The number of aromatic hydroxyl groups is 1. The molecule has 2 aliphatic carbocycles. The fourth-order valence-electron chi connectivity index (χ4n) is 9.03. The maximum absolute atomic E-state index is 15.3. The van der Waals surface area contributed by atoms with Crippen molar-refractivity contribution in [1.29, 1.82) is 0 Å². The molecule has 0 radical (unpaired) electrons. The van der Waals surface area contributed by atoms with Crippen LogP contribution >= 0.6 is 39.1 Å². The Kier molecular flexibility index (Phi) is 8.70. The van der Waals surface area contributed by atoms with E-state index in [1.54, 1.807) is 60.7 Å². The number of phenolic OH excluding ortho intramolecular Hbond substituents is 1. The molecule has 1 aromatic heterocycles. The minimum Gasteiger partial charge on any atom is -0.508 e. The number of allylic oxidation sites excluding steroid dienone is 2. The van der Waals surface area contributed by atoms with Crippen molar-refractivity contribution in [1.82, 2.24) is 9.99 Å². The molecular formula is C39H28BrCl2F3N4O5. The van der Waals surface area contributed by atoms with E-state index in [4.69, 9.17) is 23.2 Å². The Morgan fingerprint density at radius 1 is 0.907 bits per heavy atom. The predicted octanol–water partition coefficient (Wildman–Crippen LogP) is 8.09. The number of carbonyl (C=O) groups excluding carboxylic acids is 4. The molecular weight excluding hydrogens is 812 g/mol. The van der Waals surface area contributed by atoms with Gasteiger partial charge < -0.3 is 5.11 Å². The van der Waals surface area contributed by atoms with E-state index in [1.807, 2.05) is 6.08 Å². The fourth-order valence-corrected chi connectivity index (χ4v) is 9.83. The second kappa shape index (κ2) is 13.0. The van der Waals surface area contributed by atoms with Gasteiger partial charge in [-0.25, -0.2) is 9.88 Å². The minimum atomic E-state index is -4.82. The Morgan fingerprint density at radius 2 is 1.65 bits per heavy atom. The van der Waals surface area contributed by atoms with Crippen LogP contribution in [0.4, 0.5) is 24.7 Å². The van der Waals surface area contributed by atoms with Crippen LogP contribution in [0.2, 0.25) is 10.0 Å². The summed E-state index contributed by atoms with van der Waals surface area (Å²) in [6.07, 6.45) is -3.01. The summed E-state index contributed by atoms with van der Waals surface area (Å²) in [5.74, 6) is -7.99. The van der Waals surface area contributed by atoms with Gasteiger partial charge >= 0.3 is 6.18 Å². The molecule has 3 aromatic carbocycles. The molecule has 4 amide bonds. The number of pyridine rings is 1. The number of alkyl halides is 3. The second-order valence-electron chi connectivity index (χ2n) is 13.8. The second-order valence-corrected chi connectivity index (χ2v) is 15.6. The number of hydrogen-bond donors (Lipinski definition) is 1. The molecule has 2 saturated heterocycles. The van der Waals surface area contributed by atoms with Gasteiger partial charge in [-0.1, -0.05) is 87.2 Å². The third-order valence-electron chi connectivity index (χ3n) is 11.2. The molecule has 6 atom stereocenters. The van der Waals surface area contributed by atoms with Crippen molar-refractivity contribution in [3.63, 3.8) is 0 Å². The van der Waals surface area contributed by atoms with E-state index in [2.05, 4.69) is 20.9 Å². The average Bonchev–Trinajstić information content (AvgIpc) is 3.53. The lowest BCUT2D eigenvalue weighted by Gasteiger charge is -2.50. The molecule has 9 nitrogen and oxygen atoms in total. The van der Waals surface area contributed by atoms with E-state index in [1.165, 1.54) is 19.2 Å². The highest BCUT2D eigenvalue weighted by atomic mass is 79.9. The van der Waals surface area contributed by atoms with Crippen molar-refractivity contribution in [3.05, 3.63) is 128 Å². The van der Waals surface area contributed by atoms with Crippen LogP contribution in [0.15, 0.2) is 101 Å². The van der Waals surface area contributed by atoms with Crippen molar-refractivity contribution in [2.75, 3.05) is 17.0 Å². The first-order chi connectivity index (χ1) is 25.7. The zero-order valence-electron chi connectivity index (χ0n) is 28.1. The molecule has 54 heavy (non-hydrogen) atoms. The number of rotatable bonds is 5. The predicted molar refractivity (Wildman–Crippen MR) is 196 cm³/mol. The highest BCUT2D eigenvalue weighted by Crippen LogP contribution is 2.65. The third kappa shape index (κ3) is 5.30. The summed E-state index contributed by atoms with van der Waals surface area (Å²) >= 11 is 16.2. The topological polar surface area (TPSA) is 111 Å². The van der Waals surface area contributed by atoms with Crippen LogP contribution in [0.25, 0.3) is 0 Å². The van der Waals surface area contributed by atoms with Gasteiger partial charge in [0.15, 0.2) is 5.82 Å². The van der Waals surface area contributed by atoms with Gasteiger partial charge in [-0.2, -0.15) is 18.2 Å². The molecule has 3 heterocycles. The third-order valence-corrected chi connectivity index (χ3v) is 12.2. The Bertz CT molecular complexity index is 2310. The van der Waals surface area contributed by atoms with E-state index in [9.17, 15) is 32.7 Å². The minimum absolute atomic E-state index is 0.0338. The summed E-state index contributed by atoms with van der Waals surface area (Å²) in [5.41, 5.74) is -1.20. The maximum atomic E-state index is 15.3. The van der Waals surface area contributed by atoms with E-state index in [0.717, 1.165) is 21.0 Å². The number of carbonyl (C=O) groups is 4. The van der Waals surface area contributed by atoms with Crippen LogP contribution < -0.4 is 9.91 Å². The Morgan fingerprint density at radius 3 is 2.35 bits per heavy atom. The number of aromatic nitrogens is 1. The number of fused-ring (bicyclic) bond motifs is 4. The molecule has 0 spiro atoms. The number of hydrogen-bond acceptors (Lipinski definition) is 7. The van der Waals surface area contributed by atoms with E-state index < -0.39 is 76.3 Å². The van der Waals surface area contributed by atoms with Gasteiger partial charge in [0.1, 0.15) is 11.4 Å². The van der Waals surface area contributed by atoms with Crippen molar-refractivity contribution in [3.8, 4) is 5.75 Å². The molecule has 0 bridgehead atoms. The van der Waals surface area contributed by atoms with Gasteiger partial charge in [-0.05, 0) is 72.9 Å². The number of phenols is 1. The molecule has 2 aliphatic heterocycles. The van der Waals surface area contributed by atoms with Gasteiger partial charge in [0.25, 0.3) is 11.8 Å². The molecule has 4 aromatic rings. The zero-order valence-corrected chi connectivity index (χ0v) is 31.2. The number of halogens is 6. The van der Waals surface area contributed by atoms with E-state index in [0.29, 0.717) is 32.3 Å². The monoisotopic (exact) mass is 838 g/mol. The molecule has 15 heteroatoms. The SMILES string of the molecule is CN(c1nc(C(F)(F)F)ccc1Cl)N1C(=O)[C@H]2[C@H](CC=C3[C@H]2C[C@H]2C(=O)N(c4cccc(Cl)c4)C(=O)[C@@]2(c2ccccc2)[C@H]3c2cc(Br)ccc2O)C1=O. The summed E-state index contributed by atoms with van der Waals surface area (Å²) in [7, 11) is 1.24. The van der Waals surface area contributed by atoms with Crippen LogP contribution in [-0.2, 0) is 30.8 Å². The lowest BCUT2D eigenvalue weighted by Crippen LogP contribution is -2.53. The van der Waals surface area contributed by atoms with E-state index in [-0.39, 0.29) is 29.3 Å². The van der Waals surface area contributed by atoms with Crippen LogP contribution in [-0.4, -0.2) is 45.8 Å². The summed E-state index contributed by atoms with van der Waals surface area (Å²) in [4.78, 5) is 63.7. The first-order valence-electron chi connectivity index (χ1n) is 16.9. The normalized spacial score (nSPS) is 26.4. The number of hydrazine groups is 1. The first kappa shape index (κ1) is 36.3. The number of anilines is 2. The van der Waals surface area contributed by atoms with Crippen LogP contribution in [0.3, 0.4) is 0 Å².